The minimum atomic E-state index is 0.687. The summed E-state index contributed by atoms with van der Waals surface area (Å²) in [4.78, 5) is 2.09. The molecule has 118 valence electrons. The Labute approximate surface area is 139 Å². The molecule has 0 saturated carbocycles. The molecule has 0 aliphatic carbocycles. The highest BCUT2D eigenvalue weighted by Crippen LogP contribution is 2.30. The average Bonchev–Trinajstić information content (AvgIpc) is 3.05. The Morgan fingerprint density at radius 3 is 2.57 bits per heavy atom. The first-order valence-electron chi connectivity index (χ1n) is 7.19. The van der Waals surface area contributed by atoms with E-state index in [4.69, 9.17) is 16.3 Å². The summed E-state index contributed by atoms with van der Waals surface area (Å²) in [6.07, 6.45) is 1.70. The molecule has 0 radical (unpaired) electrons. The fourth-order valence-corrected chi connectivity index (χ4v) is 2.40. The van der Waals surface area contributed by atoms with E-state index >= 15 is 0 Å². The van der Waals surface area contributed by atoms with Gasteiger partial charge in [-0.2, -0.15) is 15.4 Å². The Morgan fingerprint density at radius 2 is 1.91 bits per heavy atom. The molecule has 0 amide bonds. The van der Waals surface area contributed by atoms with Crippen molar-refractivity contribution in [1.82, 2.24) is 20.3 Å². The van der Waals surface area contributed by atoms with Crippen molar-refractivity contribution in [2.45, 2.75) is 6.54 Å². The monoisotopic (exact) mass is 328 g/mol. The number of benzene rings is 2. The van der Waals surface area contributed by atoms with E-state index in [0.717, 1.165) is 34.9 Å². The van der Waals surface area contributed by atoms with E-state index in [2.05, 4.69) is 26.4 Å². The maximum absolute atomic E-state index is 6.01. The third-order valence-electron chi connectivity index (χ3n) is 3.30. The van der Waals surface area contributed by atoms with Crippen molar-refractivity contribution in [3.05, 3.63) is 59.2 Å². The van der Waals surface area contributed by atoms with Gasteiger partial charge in [0.1, 0.15) is 17.2 Å². The van der Waals surface area contributed by atoms with Crippen LogP contribution < -0.4 is 4.74 Å². The van der Waals surface area contributed by atoms with Crippen LogP contribution in [0.25, 0.3) is 11.3 Å². The Bertz CT molecular complexity index is 770. The van der Waals surface area contributed by atoms with Gasteiger partial charge >= 0.3 is 0 Å². The van der Waals surface area contributed by atoms with Crippen molar-refractivity contribution in [3.63, 3.8) is 0 Å². The molecule has 2 aromatic carbocycles. The smallest absolute Gasteiger partial charge is 0.131 e. The van der Waals surface area contributed by atoms with Crippen LogP contribution in [-0.4, -0.2) is 34.4 Å². The lowest BCUT2D eigenvalue weighted by atomic mass is 10.1. The Balaban J connectivity index is 1.93. The molecule has 0 atom stereocenters. The molecule has 0 aliphatic heterocycles. The predicted octanol–water partition coefficient (Wildman–Crippen LogP) is 3.98. The quantitative estimate of drug-likeness (QED) is 0.769. The van der Waals surface area contributed by atoms with Gasteiger partial charge in [0.15, 0.2) is 0 Å². The number of nitrogens with one attached hydrogen (secondary N) is 1. The lowest BCUT2D eigenvalue weighted by Crippen LogP contribution is -2.11. The minimum Gasteiger partial charge on any atom is -0.457 e. The molecule has 0 saturated heterocycles. The highest BCUT2D eigenvalue weighted by molar-refractivity contribution is 6.30. The lowest BCUT2D eigenvalue weighted by Gasteiger charge is -2.16. The largest absolute Gasteiger partial charge is 0.457 e. The second kappa shape index (κ2) is 6.81. The topological polar surface area (TPSA) is 54.0 Å². The standard InChI is InChI=1S/C17H17ClN4O/c1-22(2)11-13-9-12(16-10-19-21-20-16)3-8-17(13)23-15-6-4-14(18)5-7-15/h3-10H,11H2,1-2H3,(H,19,20,21). The van der Waals surface area contributed by atoms with Gasteiger partial charge in [0.05, 0.1) is 6.20 Å². The zero-order valence-corrected chi connectivity index (χ0v) is 13.7. The van der Waals surface area contributed by atoms with Gasteiger partial charge in [0, 0.05) is 22.7 Å². The fourth-order valence-electron chi connectivity index (χ4n) is 2.27. The SMILES string of the molecule is CN(C)Cc1cc(-c2cn[nH]n2)ccc1Oc1ccc(Cl)cc1. The molecule has 3 rings (SSSR count). The van der Waals surface area contributed by atoms with Gasteiger partial charge in [-0.15, -0.1) is 0 Å². The van der Waals surface area contributed by atoms with Gasteiger partial charge in [-0.3, -0.25) is 0 Å². The van der Waals surface area contributed by atoms with Crippen LogP contribution in [0, 0.1) is 0 Å². The van der Waals surface area contributed by atoms with E-state index in [-0.39, 0.29) is 0 Å². The molecule has 5 nitrogen and oxygen atoms in total. The summed E-state index contributed by atoms with van der Waals surface area (Å²) in [7, 11) is 4.05. The van der Waals surface area contributed by atoms with Gasteiger partial charge in [0.2, 0.25) is 0 Å². The summed E-state index contributed by atoms with van der Waals surface area (Å²) in [6.45, 7) is 0.759. The summed E-state index contributed by atoms with van der Waals surface area (Å²) in [5, 5.41) is 11.3. The van der Waals surface area contributed by atoms with Crippen LogP contribution in [-0.2, 0) is 6.54 Å². The van der Waals surface area contributed by atoms with Crippen molar-refractivity contribution >= 4 is 11.6 Å². The normalized spacial score (nSPS) is 11.0. The van der Waals surface area contributed by atoms with Crippen molar-refractivity contribution in [2.24, 2.45) is 0 Å². The van der Waals surface area contributed by atoms with Gasteiger partial charge in [-0.25, -0.2) is 0 Å². The summed E-state index contributed by atoms with van der Waals surface area (Å²) in [5.41, 5.74) is 2.88. The maximum Gasteiger partial charge on any atom is 0.131 e. The second-order valence-corrected chi connectivity index (χ2v) is 5.91. The van der Waals surface area contributed by atoms with Crippen LogP contribution in [0.3, 0.4) is 0 Å². The summed E-state index contributed by atoms with van der Waals surface area (Å²) >= 11 is 5.91. The first-order valence-corrected chi connectivity index (χ1v) is 7.57. The highest BCUT2D eigenvalue weighted by atomic mass is 35.5. The molecular weight excluding hydrogens is 312 g/mol. The van der Waals surface area contributed by atoms with Gasteiger partial charge in [-0.1, -0.05) is 11.6 Å². The van der Waals surface area contributed by atoms with E-state index in [1.54, 1.807) is 6.20 Å². The molecule has 0 bridgehead atoms. The molecule has 1 aromatic heterocycles. The molecule has 6 heteroatoms. The third kappa shape index (κ3) is 3.88. The van der Waals surface area contributed by atoms with Crippen LogP contribution in [0.15, 0.2) is 48.7 Å². The number of ether oxygens (including phenoxy) is 1. The zero-order valence-electron chi connectivity index (χ0n) is 13.0. The number of nitrogens with zero attached hydrogens (tertiary/aromatic N) is 3. The molecule has 3 aromatic rings. The number of hydrogen-bond donors (Lipinski definition) is 1. The average molecular weight is 329 g/mol. The number of halogens is 1. The van der Waals surface area contributed by atoms with Gasteiger partial charge < -0.3 is 9.64 Å². The van der Waals surface area contributed by atoms with Crippen LogP contribution in [0.5, 0.6) is 11.5 Å². The molecule has 0 spiro atoms. The predicted molar refractivity (Wildman–Crippen MR) is 90.7 cm³/mol. The van der Waals surface area contributed by atoms with E-state index < -0.39 is 0 Å². The van der Waals surface area contributed by atoms with E-state index in [9.17, 15) is 0 Å². The third-order valence-corrected chi connectivity index (χ3v) is 3.55. The number of aromatic amines is 1. The van der Waals surface area contributed by atoms with Crippen molar-refractivity contribution in [3.8, 4) is 22.8 Å². The molecule has 1 N–H and O–H groups in total. The summed E-state index contributed by atoms with van der Waals surface area (Å²) in [5.74, 6) is 1.57. The van der Waals surface area contributed by atoms with Gasteiger partial charge in [0.25, 0.3) is 0 Å². The maximum atomic E-state index is 6.01. The molecule has 0 unspecified atom stereocenters. The number of hydrogen-bond acceptors (Lipinski definition) is 4. The van der Waals surface area contributed by atoms with Crippen molar-refractivity contribution in [1.29, 1.82) is 0 Å². The lowest BCUT2D eigenvalue weighted by molar-refractivity contribution is 0.388. The van der Waals surface area contributed by atoms with Crippen LogP contribution >= 0.6 is 11.6 Å². The number of H-pyrrole nitrogens is 1. The van der Waals surface area contributed by atoms with Crippen molar-refractivity contribution in [2.75, 3.05) is 14.1 Å². The molecular formula is C17H17ClN4O. The second-order valence-electron chi connectivity index (χ2n) is 5.47. The zero-order chi connectivity index (χ0) is 16.2. The fraction of sp³-hybridized carbons (Fsp3) is 0.176. The number of rotatable bonds is 5. The van der Waals surface area contributed by atoms with Crippen LogP contribution in [0.1, 0.15) is 5.56 Å². The molecule has 1 heterocycles. The first kappa shape index (κ1) is 15.5. The van der Waals surface area contributed by atoms with E-state index in [0.29, 0.717) is 5.02 Å². The minimum absolute atomic E-state index is 0.687. The molecule has 0 aliphatic rings. The molecule has 0 fully saturated rings. The Hall–Kier alpha value is -2.37. The van der Waals surface area contributed by atoms with Gasteiger partial charge in [-0.05, 0) is 56.6 Å². The first-order chi connectivity index (χ1) is 11.1. The molecule has 23 heavy (non-hydrogen) atoms. The highest BCUT2D eigenvalue weighted by Gasteiger charge is 2.10. The summed E-state index contributed by atoms with van der Waals surface area (Å²) < 4.78 is 6.01. The Kier molecular flexibility index (Phi) is 4.60. The van der Waals surface area contributed by atoms with Crippen molar-refractivity contribution < 1.29 is 4.74 Å². The number of aromatic nitrogens is 3. The van der Waals surface area contributed by atoms with E-state index in [1.165, 1.54) is 0 Å². The van der Waals surface area contributed by atoms with E-state index in [1.807, 2.05) is 50.5 Å². The van der Waals surface area contributed by atoms with Crippen LogP contribution in [0.2, 0.25) is 5.02 Å². The summed E-state index contributed by atoms with van der Waals surface area (Å²) in [6, 6.07) is 13.3. The van der Waals surface area contributed by atoms with Crippen LogP contribution in [0.4, 0.5) is 0 Å². The Morgan fingerprint density at radius 1 is 1.13 bits per heavy atom.